The van der Waals surface area contributed by atoms with Gasteiger partial charge in [-0.2, -0.15) is 0 Å². The maximum atomic E-state index is 5.82. The third-order valence-electron chi connectivity index (χ3n) is 3.95. The lowest BCUT2D eigenvalue weighted by Gasteiger charge is -2.11. The van der Waals surface area contributed by atoms with Crippen LogP contribution >= 0.6 is 11.6 Å². The van der Waals surface area contributed by atoms with Crippen molar-refractivity contribution in [2.75, 3.05) is 0 Å². The largest absolute Gasteiger partial charge is 0.374 e. The van der Waals surface area contributed by atoms with Crippen molar-refractivity contribution < 1.29 is 0 Å². The monoisotopic (exact) mass is 358 g/mol. The smallest absolute Gasteiger partial charge is 0.193 e. The average molecular weight is 359 g/mol. The summed E-state index contributed by atoms with van der Waals surface area (Å²) in [5, 5.41) is -0.00975. The number of nitrogens with zero attached hydrogens (tertiary/aromatic N) is 1. The van der Waals surface area contributed by atoms with Gasteiger partial charge in [0.1, 0.15) is 0 Å². The van der Waals surface area contributed by atoms with Gasteiger partial charge < -0.3 is 5.73 Å². The lowest BCUT2D eigenvalue weighted by molar-refractivity contribution is 1.48. The molecule has 0 unspecified atom stereocenters. The zero-order chi connectivity index (χ0) is 18.4. The highest BCUT2D eigenvalue weighted by atomic mass is 35.5. The van der Waals surface area contributed by atoms with E-state index in [1.54, 1.807) is 12.2 Å². The summed E-state index contributed by atoms with van der Waals surface area (Å²) < 4.78 is 0. The van der Waals surface area contributed by atoms with Gasteiger partial charge in [0.05, 0.1) is 5.70 Å². The summed E-state index contributed by atoms with van der Waals surface area (Å²) in [6.07, 6.45) is 3.48. The summed E-state index contributed by atoms with van der Waals surface area (Å²) >= 11 is 5.82. The summed E-state index contributed by atoms with van der Waals surface area (Å²) in [6.45, 7) is 3.76. The van der Waals surface area contributed by atoms with E-state index in [2.05, 4.69) is 54.0 Å². The SMILES string of the molecule is C=C/C=C(\N=C(/N)Cl)c1cc(-c2ccccc2)cc(-c2ccccc2)c1. The van der Waals surface area contributed by atoms with Crippen LogP contribution in [0.2, 0.25) is 0 Å². The molecule has 3 heteroatoms. The summed E-state index contributed by atoms with van der Waals surface area (Å²) in [7, 11) is 0. The molecule has 0 heterocycles. The molecule has 3 rings (SSSR count). The predicted molar refractivity (Wildman–Crippen MR) is 113 cm³/mol. The highest BCUT2D eigenvalue weighted by Gasteiger charge is 2.08. The number of hydrogen-bond donors (Lipinski definition) is 1. The van der Waals surface area contributed by atoms with Gasteiger partial charge in [-0.3, -0.25) is 0 Å². The van der Waals surface area contributed by atoms with Gasteiger partial charge in [-0.1, -0.05) is 73.3 Å². The fraction of sp³-hybridized carbons (Fsp3) is 0. The van der Waals surface area contributed by atoms with Gasteiger partial charge in [-0.25, -0.2) is 4.99 Å². The first-order chi connectivity index (χ1) is 12.7. The van der Waals surface area contributed by atoms with Crippen LogP contribution < -0.4 is 5.73 Å². The lowest BCUT2D eigenvalue weighted by Crippen LogP contribution is -2.02. The van der Waals surface area contributed by atoms with E-state index in [0.717, 1.165) is 27.8 Å². The van der Waals surface area contributed by atoms with E-state index < -0.39 is 0 Å². The molecule has 3 aromatic carbocycles. The fourth-order valence-corrected chi connectivity index (χ4v) is 2.89. The highest BCUT2D eigenvalue weighted by molar-refractivity contribution is 6.64. The Morgan fingerprint density at radius 2 is 1.31 bits per heavy atom. The highest BCUT2D eigenvalue weighted by Crippen LogP contribution is 2.31. The Balaban J connectivity index is 2.22. The normalized spacial score (nSPS) is 12.0. The van der Waals surface area contributed by atoms with Crippen LogP contribution in [0.1, 0.15) is 5.56 Å². The molecule has 0 saturated heterocycles. The van der Waals surface area contributed by atoms with Crippen molar-refractivity contribution in [1.82, 2.24) is 0 Å². The molecule has 2 N–H and O–H groups in total. The maximum Gasteiger partial charge on any atom is 0.193 e. The van der Waals surface area contributed by atoms with Crippen LogP contribution in [-0.2, 0) is 0 Å². The molecule has 0 spiro atoms. The molecule has 0 aromatic heterocycles. The van der Waals surface area contributed by atoms with E-state index in [0.29, 0.717) is 5.70 Å². The van der Waals surface area contributed by atoms with Gasteiger partial charge >= 0.3 is 0 Å². The van der Waals surface area contributed by atoms with Gasteiger partial charge in [0, 0.05) is 5.56 Å². The molecule has 26 heavy (non-hydrogen) atoms. The standard InChI is InChI=1S/C23H19ClN2/c1-2-9-22(26-23(24)25)21-15-19(17-10-5-3-6-11-17)14-20(16-21)18-12-7-4-8-13-18/h2-16H,1H2,(H2,25,26)/b22-9-. The van der Waals surface area contributed by atoms with Crippen molar-refractivity contribution in [2.45, 2.75) is 0 Å². The third kappa shape index (κ3) is 4.29. The molecule has 0 fully saturated rings. The molecule has 0 radical (unpaired) electrons. The summed E-state index contributed by atoms with van der Waals surface area (Å²) in [5.41, 5.74) is 11.7. The molecule has 128 valence electrons. The fourth-order valence-electron chi connectivity index (χ4n) is 2.79. The van der Waals surface area contributed by atoms with Crippen LogP contribution in [0.4, 0.5) is 0 Å². The van der Waals surface area contributed by atoms with Crippen molar-refractivity contribution in [3.05, 3.63) is 103 Å². The first-order valence-corrected chi connectivity index (χ1v) is 8.64. The van der Waals surface area contributed by atoms with E-state index in [1.165, 1.54) is 0 Å². The van der Waals surface area contributed by atoms with Crippen LogP contribution in [0.15, 0.2) is 103 Å². The Morgan fingerprint density at radius 3 is 1.73 bits per heavy atom. The summed E-state index contributed by atoms with van der Waals surface area (Å²) in [6, 6.07) is 26.8. The molecule has 2 nitrogen and oxygen atoms in total. The maximum absolute atomic E-state index is 5.82. The minimum atomic E-state index is -0.00975. The van der Waals surface area contributed by atoms with Crippen molar-refractivity contribution in [3.8, 4) is 22.3 Å². The molecule has 3 aromatic rings. The molecule has 0 aliphatic carbocycles. The van der Waals surface area contributed by atoms with Gasteiger partial charge in [0.2, 0.25) is 0 Å². The minimum absolute atomic E-state index is 0.00975. The number of nitrogens with two attached hydrogens (primary N) is 1. The summed E-state index contributed by atoms with van der Waals surface area (Å²) in [4.78, 5) is 4.26. The quantitative estimate of drug-likeness (QED) is 0.254. The van der Waals surface area contributed by atoms with E-state index in [1.807, 2.05) is 36.4 Å². The number of amidine groups is 1. The Kier molecular flexibility index (Phi) is 5.67. The van der Waals surface area contributed by atoms with Crippen molar-refractivity contribution in [3.63, 3.8) is 0 Å². The van der Waals surface area contributed by atoms with Crippen molar-refractivity contribution in [1.29, 1.82) is 0 Å². The second-order valence-corrected chi connectivity index (χ2v) is 6.14. The van der Waals surface area contributed by atoms with Crippen LogP contribution in [0.3, 0.4) is 0 Å². The number of rotatable bonds is 5. The van der Waals surface area contributed by atoms with Crippen LogP contribution in [0.25, 0.3) is 28.0 Å². The first-order valence-electron chi connectivity index (χ1n) is 8.26. The number of hydrogen-bond acceptors (Lipinski definition) is 1. The van der Waals surface area contributed by atoms with E-state index in [4.69, 9.17) is 17.3 Å². The van der Waals surface area contributed by atoms with E-state index >= 15 is 0 Å². The van der Waals surface area contributed by atoms with Crippen molar-refractivity contribution >= 4 is 22.6 Å². The van der Waals surface area contributed by atoms with E-state index in [9.17, 15) is 0 Å². The van der Waals surface area contributed by atoms with Gasteiger partial charge in [0.15, 0.2) is 5.29 Å². The topological polar surface area (TPSA) is 38.4 Å². The molecular formula is C23H19ClN2. The molecule has 0 amide bonds. The second kappa shape index (κ2) is 8.32. The number of benzene rings is 3. The average Bonchev–Trinajstić information content (AvgIpc) is 2.68. The lowest BCUT2D eigenvalue weighted by atomic mass is 9.95. The van der Waals surface area contributed by atoms with Crippen LogP contribution in [-0.4, -0.2) is 5.29 Å². The van der Waals surface area contributed by atoms with Gasteiger partial charge in [-0.15, -0.1) is 0 Å². The number of aliphatic imine (C=N–C) groups is 1. The van der Waals surface area contributed by atoms with Crippen LogP contribution in [0.5, 0.6) is 0 Å². The Morgan fingerprint density at radius 1 is 0.808 bits per heavy atom. The third-order valence-corrected chi connectivity index (χ3v) is 4.03. The van der Waals surface area contributed by atoms with Crippen LogP contribution in [0, 0.1) is 0 Å². The molecule has 0 bridgehead atoms. The number of halogens is 1. The Hall–Kier alpha value is -3.10. The zero-order valence-electron chi connectivity index (χ0n) is 14.3. The minimum Gasteiger partial charge on any atom is -0.374 e. The Labute approximate surface area is 159 Å². The zero-order valence-corrected chi connectivity index (χ0v) is 15.0. The molecule has 0 aliphatic heterocycles. The number of allylic oxidation sites excluding steroid dienone is 2. The summed E-state index contributed by atoms with van der Waals surface area (Å²) in [5.74, 6) is 0. The second-order valence-electron chi connectivity index (χ2n) is 5.75. The van der Waals surface area contributed by atoms with E-state index in [-0.39, 0.29) is 5.29 Å². The predicted octanol–water partition coefficient (Wildman–Crippen LogP) is 6.10. The molecule has 0 aliphatic rings. The van der Waals surface area contributed by atoms with Gasteiger partial charge in [0.25, 0.3) is 0 Å². The first kappa shape index (κ1) is 17.7. The van der Waals surface area contributed by atoms with Crippen molar-refractivity contribution in [2.24, 2.45) is 10.7 Å². The Bertz CT molecular complexity index is 896. The van der Waals surface area contributed by atoms with Gasteiger partial charge in [-0.05, 0) is 58.1 Å². The molecule has 0 saturated carbocycles. The molecule has 0 atom stereocenters. The molecular weight excluding hydrogens is 340 g/mol.